The second kappa shape index (κ2) is 13.3. The number of aromatic nitrogens is 2. The second-order valence-corrected chi connectivity index (χ2v) is 16.6. The van der Waals surface area contributed by atoms with Gasteiger partial charge in [-0.15, -0.1) is 0 Å². The summed E-state index contributed by atoms with van der Waals surface area (Å²) in [6.07, 6.45) is 5.12. The van der Waals surface area contributed by atoms with Gasteiger partial charge in [0.25, 0.3) is 0 Å². The Morgan fingerprint density at radius 2 is 1.85 bits per heavy atom. The molecule has 284 valence electrons. The largest absolute Gasteiger partial charge is 0.508 e. The van der Waals surface area contributed by atoms with Gasteiger partial charge in [0.05, 0.1) is 30.8 Å². The number of halogens is 2. The Kier molecular flexibility index (Phi) is 8.68. The van der Waals surface area contributed by atoms with Crippen LogP contribution >= 0.6 is 0 Å². The number of anilines is 1. The van der Waals surface area contributed by atoms with E-state index in [1.165, 1.54) is 0 Å². The molecule has 2 bridgehead atoms. The zero-order valence-corrected chi connectivity index (χ0v) is 31.1. The van der Waals surface area contributed by atoms with Crippen molar-refractivity contribution in [2.45, 2.75) is 88.7 Å². The molecule has 1 aromatic heterocycles. The highest BCUT2D eigenvalue weighted by molar-refractivity contribution is 6.05. The van der Waals surface area contributed by atoms with Gasteiger partial charge in [-0.1, -0.05) is 30.3 Å². The Labute approximate surface area is 313 Å². The number of nitrogens with zero attached hydrogens (tertiary/aromatic N) is 5. The highest BCUT2D eigenvalue weighted by atomic mass is 19.1. The Morgan fingerprint density at radius 1 is 1.06 bits per heavy atom. The average molecular weight is 740 g/mol. The third-order valence-corrected chi connectivity index (χ3v) is 11.9. The summed E-state index contributed by atoms with van der Waals surface area (Å²) in [5.74, 6) is 0.0234. The molecule has 0 unspecified atom stereocenters. The van der Waals surface area contributed by atoms with Gasteiger partial charge in [-0.25, -0.2) is 13.6 Å². The summed E-state index contributed by atoms with van der Waals surface area (Å²) < 4.78 is 50.5. The average Bonchev–Trinajstić information content (AvgIpc) is 3.76. The lowest BCUT2D eigenvalue weighted by Crippen LogP contribution is -2.57. The third kappa shape index (κ3) is 6.20. The van der Waals surface area contributed by atoms with Gasteiger partial charge in [-0.2, -0.15) is 9.97 Å². The van der Waals surface area contributed by atoms with Crippen LogP contribution in [0.4, 0.5) is 19.4 Å². The second-order valence-electron chi connectivity index (χ2n) is 16.6. The summed E-state index contributed by atoms with van der Waals surface area (Å²) in [6.45, 7) is 8.88. The number of piperazine rings is 1. The van der Waals surface area contributed by atoms with Crippen molar-refractivity contribution in [3.05, 3.63) is 59.9 Å². The molecule has 9 rings (SSSR count). The molecule has 0 spiro atoms. The molecule has 4 aromatic rings. The van der Waals surface area contributed by atoms with E-state index in [1.807, 2.05) is 62.1 Å². The third-order valence-electron chi connectivity index (χ3n) is 11.9. The highest BCUT2D eigenvalue weighted by Crippen LogP contribution is 2.45. The number of phenolic OH excluding ortho intramolecular Hbond substituents is 1. The number of alkyl halides is 1. The molecule has 1 amide bonds. The van der Waals surface area contributed by atoms with Crippen LogP contribution in [0.2, 0.25) is 0 Å². The first-order valence-corrected chi connectivity index (χ1v) is 19.3. The zero-order valence-electron chi connectivity index (χ0n) is 31.1. The van der Waals surface area contributed by atoms with Crippen LogP contribution in [0.15, 0.2) is 48.5 Å². The van der Waals surface area contributed by atoms with E-state index in [9.17, 15) is 14.3 Å². The minimum atomic E-state index is -0.922. The fourth-order valence-corrected chi connectivity index (χ4v) is 9.62. The number of fused-ring (bicyclic) bond motifs is 5. The van der Waals surface area contributed by atoms with E-state index in [4.69, 9.17) is 24.2 Å². The highest BCUT2D eigenvalue weighted by Gasteiger charge is 2.50. The smallest absolute Gasteiger partial charge is 0.410 e. The van der Waals surface area contributed by atoms with Gasteiger partial charge in [0.2, 0.25) is 0 Å². The van der Waals surface area contributed by atoms with Crippen LogP contribution < -0.4 is 9.64 Å². The molecule has 0 aliphatic carbocycles. The lowest BCUT2D eigenvalue weighted by atomic mass is 9.87. The molecule has 3 aromatic carbocycles. The lowest BCUT2D eigenvalue weighted by molar-refractivity contribution is 0.0122. The number of aromatic hydroxyl groups is 1. The number of carbonyl (C=O) groups is 1. The van der Waals surface area contributed by atoms with Crippen LogP contribution in [0.1, 0.15) is 64.9 Å². The maximum atomic E-state index is 17.8. The zero-order chi connectivity index (χ0) is 37.4. The maximum absolute atomic E-state index is 17.8. The predicted molar refractivity (Wildman–Crippen MR) is 203 cm³/mol. The van der Waals surface area contributed by atoms with Crippen LogP contribution in [-0.2, 0) is 9.47 Å². The van der Waals surface area contributed by atoms with E-state index in [-0.39, 0.29) is 42.1 Å². The van der Waals surface area contributed by atoms with Crippen molar-refractivity contribution in [2.24, 2.45) is 0 Å². The van der Waals surface area contributed by atoms with Gasteiger partial charge >= 0.3 is 12.1 Å². The molecule has 10 nitrogen and oxygen atoms in total. The van der Waals surface area contributed by atoms with Crippen molar-refractivity contribution < 1.29 is 32.9 Å². The number of ether oxygens (including phenoxy) is 3. The van der Waals surface area contributed by atoms with Gasteiger partial charge in [0.1, 0.15) is 35.5 Å². The van der Waals surface area contributed by atoms with Crippen LogP contribution in [0.3, 0.4) is 0 Å². The molecule has 4 saturated heterocycles. The first kappa shape index (κ1) is 35.2. The summed E-state index contributed by atoms with van der Waals surface area (Å²) >= 11 is 0. The van der Waals surface area contributed by atoms with Gasteiger partial charge in [0, 0.05) is 37.0 Å². The van der Waals surface area contributed by atoms with Crippen molar-refractivity contribution in [1.29, 1.82) is 0 Å². The molecule has 5 aliphatic rings. The normalized spacial score (nSPS) is 25.7. The molecule has 1 N–H and O–H groups in total. The summed E-state index contributed by atoms with van der Waals surface area (Å²) in [4.78, 5) is 29.4. The van der Waals surface area contributed by atoms with Gasteiger partial charge < -0.3 is 24.2 Å². The minimum Gasteiger partial charge on any atom is -0.508 e. The fraction of sp³-hybridized carbons (Fsp3) is 0.500. The molecule has 6 heterocycles. The summed E-state index contributed by atoms with van der Waals surface area (Å²) in [5.41, 5.74) is 1.56. The first-order chi connectivity index (χ1) is 26.0. The van der Waals surface area contributed by atoms with Crippen molar-refractivity contribution in [3.63, 3.8) is 0 Å². The van der Waals surface area contributed by atoms with Gasteiger partial charge in [-0.3, -0.25) is 9.80 Å². The lowest BCUT2D eigenvalue weighted by Gasteiger charge is -2.42. The molecule has 54 heavy (non-hydrogen) atoms. The van der Waals surface area contributed by atoms with E-state index in [0.717, 1.165) is 48.6 Å². The Balaban J connectivity index is 1.20. The van der Waals surface area contributed by atoms with E-state index >= 15 is 4.39 Å². The van der Waals surface area contributed by atoms with E-state index in [2.05, 4.69) is 9.80 Å². The topological polar surface area (TPSA) is 100 Å². The van der Waals surface area contributed by atoms with Gasteiger partial charge in [-0.05, 0) is 105 Å². The van der Waals surface area contributed by atoms with Crippen molar-refractivity contribution in [2.75, 3.05) is 50.9 Å². The van der Waals surface area contributed by atoms with Crippen LogP contribution in [-0.4, -0.2) is 106 Å². The summed E-state index contributed by atoms with van der Waals surface area (Å²) in [7, 11) is 0. The minimum absolute atomic E-state index is 0.0314. The molecule has 0 radical (unpaired) electrons. The van der Waals surface area contributed by atoms with Crippen LogP contribution in [0.5, 0.6) is 11.8 Å². The van der Waals surface area contributed by atoms with E-state index in [1.54, 1.807) is 12.1 Å². The quantitative estimate of drug-likeness (QED) is 0.214. The monoisotopic (exact) mass is 739 g/mol. The fourth-order valence-electron chi connectivity index (χ4n) is 9.62. The first-order valence-electron chi connectivity index (χ1n) is 19.3. The van der Waals surface area contributed by atoms with Crippen LogP contribution in [0, 0.1) is 5.82 Å². The van der Waals surface area contributed by atoms with Crippen molar-refractivity contribution in [1.82, 2.24) is 19.8 Å². The molecular weight excluding hydrogens is 692 g/mol. The number of hydrogen-bond donors (Lipinski definition) is 1. The molecular formula is C42H47F2N5O5. The molecule has 0 saturated carbocycles. The predicted octanol–water partition coefficient (Wildman–Crippen LogP) is 7.64. The molecule has 5 aliphatic heterocycles. The van der Waals surface area contributed by atoms with E-state index < -0.39 is 23.1 Å². The van der Waals surface area contributed by atoms with E-state index in [0.29, 0.717) is 73.6 Å². The Morgan fingerprint density at radius 3 is 2.61 bits per heavy atom. The van der Waals surface area contributed by atoms with Crippen molar-refractivity contribution in [3.8, 4) is 22.9 Å². The standard InChI is InChI=1S/C42H47F2N5O5/c1-41(2,3)54-40(51)49-28-9-10-29(49)23-47(22-28)38-34-19-32(25-11-15-52-16-12-25)35(33-18-30(50)17-26-7-4-5-8-31(26)33)36(44)37(34)45-39(46-38)53-24-42-13-6-14-48(42)21-27(43)20-42/h4-5,7-8,11,17-19,27-29,50H,6,9-10,12-16,20-24H2,1-3H3/t27-,28-,29+,42+/m1/s1. The summed E-state index contributed by atoms with van der Waals surface area (Å²) in [6, 6.07) is 12.7. The number of amides is 1. The number of carbonyl (C=O) groups excluding carboxylic acids is 1. The maximum Gasteiger partial charge on any atom is 0.410 e. The van der Waals surface area contributed by atoms with Gasteiger partial charge in [0.15, 0.2) is 5.82 Å². The molecule has 4 atom stereocenters. The Hall–Kier alpha value is -4.55. The number of rotatable bonds is 6. The molecule has 4 fully saturated rings. The summed E-state index contributed by atoms with van der Waals surface area (Å²) in [5, 5.41) is 13.0. The number of hydrogen-bond acceptors (Lipinski definition) is 9. The Bertz CT molecular complexity index is 2160. The molecule has 12 heteroatoms. The van der Waals surface area contributed by atoms with Crippen molar-refractivity contribution >= 4 is 39.2 Å². The SMILES string of the molecule is CC(C)(C)OC(=O)N1[C@@H]2CC[C@H]1CN(c1nc(OC[C@@]34CCCN3C[C@H](F)C4)nc3c(F)c(-c4cc(O)cc5ccccc45)c(C4=CCOCC4)cc13)C2. The van der Waals surface area contributed by atoms with Crippen LogP contribution in [0.25, 0.3) is 38.4 Å². The number of benzene rings is 3. The number of phenols is 1.